The summed E-state index contributed by atoms with van der Waals surface area (Å²) in [4.78, 5) is 4.90. The van der Waals surface area contributed by atoms with E-state index in [1.165, 1.54) is 23.5 Å². The number of aryl methyl sites for hydroxylation is 1. The van der Waals surface area contributed by atoms with Crippen molar-refractivity contribution >= 4 is 11.3 Å². The van der Waals surface area contributed by atoms with Crippen LogP contribution in [0.4, 0.5) is 8.78 Å². The SMILES string of the molecule is Cc1sc(CO)nc1-c1ccc(F)cc1F. The number of aromatic nitrogens is 1. The molecule has 0 saturated heterocycles. The van der Waals surface area contributed by atoms with Gasteiger partial charge in [-0.15, -0.1) is 11.3 Å². The lowest BCUT2D eigenvalue weighted by atomic mass is 10.1. The molecular formula is C11H9F2NOS. The molecule has 0 bridgehead atoms. The third-order valence-corrected chi connectivity index (χ3v) is 3.12. The Bertz CT molecular complexity index is 525. The summed E-state index contributed by atoms with van der Waals surface area (Å²) in [6, 6.07) is 3.37. The molecule has 0 aliphatic rings. The zero-order valence-electron chi connectivity index (χ0n) is 8.50. The summed E-state index contributed by atoms with van der Waals surface area (Å²) in [7, 11) is 0. The lowest BCUT2D eigenvalue weighted by Crippen LogP contribution is -1.89. The van der Waals surface area contributed by atoms with Crippen LogP contribution in [0.1, 0.15) is 9.88 Å². The highest BCUT2D eigenvalue weighted by Crippen LogP contribution is 2.29. The quantitative estimate of drug-likeness (QED) is 0.877. The zero-order valence-corrected chi connectivity index (χ0v) is 9.31. The Kier molecular flexibility index (Phi) is 2.98. The summed E-state index contributed by atoms with van der Waals surface area (Å²) in [5.41, 5.74) is 0.724. The van der Waals surface area contributed by atoms with Crippen LogP contribution in [0.2, 0.25) is 0 Å². The summed E-state index contributed by atoms with van der Waals surface area (Å²) in [5, 5.41) is 9.45. The van der Waals surface area contributed by atoms with Crippen molar-refractivity contribution in [3.63, 3.8) is 0 Å². The molecule has 0 amide bonds. The van der Waals surface area contributed by atoms with Crippen LogP contribution in [-0.4, -0.2) is 10.1 Å². The number of aliphatic hydroxyl groups excluding tert-OH is 1. The zero-order chi connectivity index (χ0) is 11.7. The molecule has 0 spiro atoms. The fourth-order valence-electron chi connectivity index (χ4n) is 1.45. The molecule has 0 fully saturated rings. The Labute approximate surface area is 95.2 Å². The van der Waals surface area contributed by atoms with E-state index in [-0.39, 0.29) is 12.2 Å². The molecule has 0 radical (unpaired) electrons. The van der Waals surface area contributed by atoms with Crippen LogP contribution in [0.15, 0.2) is 18.2 Å². The van der Waals surface area contributed by atoms with E-state index in [9.17, 15) is 8.78 Å². The first kappa shape index (κ1) is 11.2. The molecule has 1 aromatic carbocycles. The summed E-state index contributed by atoms with van der Waals surface area (Å²) in [6.45, 7) is 1.61. The maximum absolute atomic E-state index is 13.5. The molecule has 0 atom stereocenters. The Morgan fingerprint density at radius 3 is 2.69 bits per heavy atom. The molecular weight excluding hydrogens is 232 g/mol. The standard InChI is InChI=1S/C11H9F2NOS/c1-6-11(14-10(5-15)16-6)8-3-2-7(12)4-9(8)13/h2-4,15H,5H2,1H3. The first-order valence-electron chi connectivity index (χ1n) is 4.64. The van der Waals surface area contributed by atoms with Crippen LogP contribution in [0.3, 0.4) is 0 Å². The Balaban J connectivity index is 2.53. The number of hydrogen-bond acceptors (Lipinski definition) is 3. The average molecular weight is 241 g/mol. The fourth-order valence-corrected chi connectivity index (χ4v) is 2.26. The number of thiazole rings is 1. The number of halogens is 2. The van der Waals surface area contributed by atoms with Crippen molar-refractivity contribution in [2.45, 2.75) is 13.5 Å². The summed E-state index contributed by atoms with van der Waals surface area (Å²) in [6.07, 6.45) is 0. The van der Waals surface area contributed by atoms with Crippen molar-refractivity contribution < 1.29 is 13.9 Å². The minimum atomic E-state index is -0.641. The van der Waals surface area contributed by atoms with Gasteiger partial charge in [-0.2, -0.15) is 0 Å². The third-order valence-electron chi connectivity index (χ3n) is 2.16. The van der Waals surface area contributed by atoms with E-state index in [1.807, 2.05) is 0 Å². The first-order chi connectivity index (χ1) is 7.61. The largest absolute Gasteiger partial charge is 0.389 e. The molecule has 0 unspecified atom stereocenters. The van der Waals surface area contributed by atoms with Crippen molar-refractivity contribution in [2.24, 2.45) is 0 Å². The maximum Gasteiger partial charge on any atom is 0.135 e. The van der Waals surface area contributed by atoms with E-state index in [1.54, 1.807) is 6.92 Å². The highest BCUT2D eigenvalue weighted by Gasteiger charge is 2.13. The normalized spacial score (nSPS) is 10.8. The number of aliphatic hydroxyl groups is 1. The maximum atomic E-state index is 13.5. The molecule has 0 aliphatic carbocycles. The van der Waals surface area contributed by atoms with Gasteiger partial charge in [0.1, 0.15) is 16.6 Å². The number of nitrogens with zero attached hydrogens (tertiary/aromatic N) is 1. The van der Waals surface area contributed by atoms with Crippen LogP contribution >= 0.6 is 11.3 Å². The van der Waals surface area contributed by atoms with E-state index >= 15 is 0 Å². The second-order valence-electron chi connectivity index (χ2n) is 3.29. The van der Waals surface area contributed by atoms with Crippen molar-refractivity contribution in [2.75, 3.05) is 0 Å². The molecule has 16 heavy (non-hydrogen) atoms. The van der Waals surface area contributed by atoms with Crippen molar-refractivity contribution in [1.29, 1.82) is 0 Å². The van der Waals surface area contributed by atoms with Crippen LogP contribution < -0.4 is 0 Å². The molecule has 0 aliphatic heterocycles. The number of benzene rings is 1. The van der Waals surface area contributed by atoms with Gasteiger partial charge in [-0.1, -0.05) is 0 Å². The van der Waals surface area contributed by atoms with Gasteiger partial charge in [0, 0.05) is 16.5 Å². The van der Waals surface area contributed by atoms with Gasteiger partial charge in [0.05, 0.1) is 12.3 Å². The number of rotatable bonds is 2. The molecule has 84 valence electrons. The third kappa shape index (κ3) is 1.96. The van der Waals surface area contributed by atoms with Crippen LogP contribution in [-0.2, 0) is 6.61 Å². The molecule has 2 aromatic rings. The monoisotopic (exact) mass is 241 g/mol. The van der Waals surface area contributed by atoms with Crippen molar-refractivity contribution in [3.05, 3.63) is 39.7 Å². The van der Waals surface area contributed by atoms with E-state index in [0.29, 0.717) is 10.7 Å². The van der Waals surface area contributed by atoms with Gasteiger partial charge in [0.15, 0.2) is 0 Å². The van der Waals surface area contributed by atoms with E-state index in [4.69, 9.17) is 5.11 Å². The Morgan fingerprint density at radius 1 is 1.38 bits per heavy atom. The topological polar surface area (TPSA) is 33.1 Å². The van der Waals surface area contributed by atoms with E-state index < -0.39 is 11.6 Å². The molecule has 2 nitrogen and oxygen atoms in total. The van der Waals surface area contributed by atoms with Gasteiger partial charge >= 0.3 is 0 Å². The lowest BCUT2D eigenvalue weighted by molar-refractivity contribution is 0.281. The lowest BCUT2D eigenvalue weighted by Gasteiger charge is -2.00. The molecule has 1 heterocycles. The second kappa shape index (κ2) is 4.27. The minimum absolute atomic E-state index is 0.172. The van der Waals surface area contributed by atoms with E-state index in [2.05, 4.69) is 4.98 Å². The highest BCUT2D eigenvalue weighted by molar-refractivity contribution is 7.12. The van der Waals surface area contributed by atoms with Gasteiger partial charge in [0.25, 0.3) is 0 Å². The predicted molar refractivity (Wildman–Crippen MR) is 58.1 cm³/mol. The van der Waals surface area contributed by atoms with Gasteiger partial charge in [-0.3, -0.25) is 0 Å². The molecule has 0 saturated carbocycles. The molecule has 1 N–H and O–H groups in total. The summed E-state index contributed by atoms with van der Waals surface area (Å²) in [5.74, 6) is -1.26. The second-order valence-corrected chi connectivity index (χ2v) is 4.58. The highest BCUT2D eigenvalue weighted by atomic mass is 32.1. The fraction of sp³-hybridized carbons (Fsp3) is 0.182. The van der Waals surface area contributed by atoms with Gasteiger partial charge in [0.2, 0.25) is 0 Å². The van der Waals surface area contributed by atoms with Gasteiger partial charge < -0.3 is 5.11 Å². The predicted octanol–water partition coefficient (Wildman–Crippen LogP) is 2.89. The average Bonchev–Trinajstić information content (AvgIpc) is 2.60. The van der Waals surface area contributed by atoms with E-state index in [0.717, 1.165) is 10.9 Å². The van der Waals surface area contributed by atoms with Gasteiger partial charge in [-0.05, 0) is 19.1 Å². The van der Waals surface area contributed by atoms with Crippen LogP contribution in [0.5, 0.6) is 0 Å². The Morgan fingerprint density at radius 2 is 2.12 bits per heavy atom. The first-order valence-corrected chi connectivity index (χ1v) is 5.46. The number of hydrogen-bond donors (Lipinski definition) is 1. The Hall–Kier alpha value is -1.33. The summed E-state index contributed by atoms with van der Waals surface area (Å²) < 4.78 is 26.2. The molecule has 1 aromatic heterocycles. The van der Waals surface area contributed by atoms with Crippen LogP contribution in [0, 0.1) is 18.6 Å². The molecule has 5 heteroatoms. The van der Waals surface area contributed by atoms with Crippen LogP contribution in [0.25, 0.3) is 11.3 Å². The molecule has 2 rings (SSSR count). The van der Waals surface area contributed by atoms with Gasteiger partial charge in [-0.25, -0.2) is 13.8 Å². The summed E-state index contributed by atoms with van der Waals surface area (Å²) >= 11 is 1.30. The van der Waals surface area contributed by atoms with Crippen molar-refractivity contribution in [3.8, 4) is 11.3 Å². The minimum Gasteiger partial charge on any atom is -0.389 e. The van der Waals surface area contributed by atoms with Crippen molar-refractivity contribution in [1.82, 2.24) is 4.98 Å². The smallest absolute Gasteiger partial charge is 0.135 e.